The average Bonchev–Trinajstić information content (AvgIpc) is 3.11. The molecule has 0 spiro atoms. The highest BCUT2D eigenvalue weighted by Gasteiger charge is 2.30. The summed E-state index contributed by atoms with van der Waals surface area (Å²) in [6, 6.07) is 0.786. The molecule has 31 heavy (non-hydrogen) atoms. The van der Waals surface area contributed by atoms with E-state index in [-0.39, 0.29) is 0 Å². The first-order valence-electron chi connectivity index (χ1n) is 12.1. The van der Waals surface area contributed by atoms with E-state index in [1.54, 1.807) is 0 Å². The van der Waals surface area contributed by atoms with Crippen LogP contribution in [0.25, 0.3) is 0 Å². The summed E-state index contributed by atoms with van der Waals surface area (Å²) < 4.78 is 2.03. The summed E-state index contributed by atoms with van der Waals surface area (Å²) in [4.78, 5) is 10.1. The highest BCUT2D eigenvalue weighted by Crippen LogP contribution is 2.32. The van der Waals surface area contributed by atoms with Gasteiger partial charge in [0.2, 0.25) is 0 Å². The lowest BCUT2D eigenvalue weighted by molar-refractivity contribution is 0.0864. The molecule has 2 aliphatic rings. The van der Waals surface area contributed by atoms with Crippen LogP contribution < -0.4 is 5.32 Å². The zero-order chi connectivity index (χ0) is 22.2. The molecule has 1 aromatic rings. The molecule has 2 heterocycles. The van der Waals surface area contributed by atoms with Gasteiger partial charge in [0.15, 0.2) is 11.8 Å². The summed E-state index contributed by atoms with van der Waals surface area (Å²) in [5.74, 6) is 5.83. The molecule has 1 aliphatic carbocycles. The van der Waals surface area contributed by atoms with E-state index in [2.05, 4.69) is 45.4 Å². The quantitative estimate of drug-likeness (QED) is 0.374. The molecule has 176 valence electrons. The van der Waals surface area contributed by atoms with Gasteiger partial charge in [-0.05, 0) is 62.9 Å². The van der Waals surface area contributed by atoms with Crippen LogP contribution in [-0.4, -0.2) is 81.3 Å². The molecule has 1 N–H and O–H groups in total. The Bertz CT molecular complexity index is 686. The SMILES string of the molecule is CSCCCNC(=NCc1nnc(C)n1C)N1CCN(C2CCC(C(C)C)CC2)CC1. The van der Waals surface area contributed by atoms with Crippen LogP contribution in [0.2, 0.25) is 0 Å². The predicted octanol–water partition coefficient (Wildman–Crippen LogP) is 3.15. The molecule has 1 saturated carbocycles. The topological polar surface area (TPSA) is 61.6 Å². The van der Waals surface area contributed by atoms with E-state index in [9.17, 15) is 0 Å². The highest BCUT2D eigenvalue weighted by atomic mass is 32.2. The van der Waals surface area contributed by atoms with Crippen LogP contribution in [0.4, 0.5) is 0 Å². The van der Waals surface area contributed by atoms with Gasteiger partial charge in [0.25, 0.3) is 0 Å². The second kappa shape index (κ2) is 12.1. The number of aryl methyl sites for hydroxylation is 1. The van der Waals surface area contributed by atoms with Gasteiger partial charge in [0.1, 0.15) is 12.4 Å². The van der Waals surface area contributed by atoms with Gasteiger partial charge in [-0.2, -0.15) is 11.8 Å². The Hall–Kier alpha value is -1.28. The van der Waals surface area contributed by atoms with E-state index >= 15 is 0 Å². The molecule has 3 rings (SSSR count). The number of nitrogens with one attached hydrogen (secondary N) is 1. The molecule has 1 saturated heterocycles. The minimum atomic E-state index is 0.571. The number of hydrogen-bond acceptors (Lipinski definition) is 5. The van der Waals surface area contributed by atoms with Crippen LogP contribution in [0.5, 0.6) is 0 Å². The maximum Gasteiger partial charge on any atom is 0.194 e. The zero-order valence-electron chi connectivity index (χ0n) is 20.3. The van der Waals surface area contributed by atoms with E-state index in [1.807, 2.05) is 30.3 Å². The number of aromatic nitrogens is 3. The lowest BCUT2D eigenvalue weighted by Gasteiger charge is -2.43. The largest absolute Gasteiger partial charge is 0.356 e. The highest BCUT2D eigenvalue weighted by molar-refractivity contribution is 7.98. The Balaban J connectivity index is 1.55. The molecule has 1 aromatic heterocycles. The van der Waals surface area contributed by atoms with Gasteiger partial charge >= 0.3 is 0 Å². The van der Waals surface area contributed by atoms with E-state index in [0.29, 0.717) is 6.54 Å². The Morgan fingerprint density at radius 3 is 2.42 bits per heavy atom. The van der Waals surface area contributed by atoms with Crippen molar-refractivity contribution in [2.75, 3.05) is 44.7 Å². The third kappa shape index (κ3) is 6.85. The van der Waals surface area contributed by atoms with Crippen LogP contribution in [0.3, 0.4) is 0 Å². The van der Waals surface area contributed by atoms with Gasteiger partial charge in [0.05, 0.1) is 0 Å². The summed E-state index contributed by atoms with van der Waals surface area (Å²) in [5, 5.41) is 12.1. The first-order valence-corrected chi connectivity index (χ1v) is 13.5. The minimum absolute atomic E-state index is 0.571. The molecule has 1 aliphatic heterocycles. The van der Waals surface area contributed by atoms with Crippen molar-refractivity contribution in [3.8, 4) is 0 Å². The van der Waals surface area contributed by atoms with Crippen molar-refractivity contribution in [3.05, 3.63) is 11.6 Å². The molecule has 8 heteroatoms. The fourth-order valence-electron chi connectivity index (χ4n) is 4.85. The van der Waals surface area contributed by atoms with Gasteiger partial charge in [-0.3, -0.25) is 4.90 Å². The van der Waals surface area contributed by atoms with Gasteiger partial charge in [-0.1, -0.05) is 13.8 Å². The number of piperazine rings is 1. The van der Waals surface area contributed by atoms with E-state index in [1.165, 1.54) is 31.4 Å². The Morgan fingerprint density at radius 2 is 1.84 bits per heavy atom. The Morgan fingerprint density at radius 1 is 1.13 bits per heavy atom. The summed E-state index contributed by atoms with van der Waals surface area (Å²) >= 11 is 1.90. The molecular weight excluding hydrogens is 406 g/mol. The molecule has 0 unspecified atom stereocenters. The van der Waals surface area contributed by atoms with Crippen molar-refractivity contribution < 1.29 is 0 Å². The average molecular weight is 450 g/mol. The second-order valence-corrected chi connectivity index (χ2v) is 10.5. The third-order valence-electron chi connectivity index (χ3n) is 7.18. The van der Waals surface area contributed by atoms with Crippen molar-refractivity contribution in [2.45, 2.75) is 65.5 Å². The molecule has 7 nitrogen and oxygen atoms in total. The third-order valence-corrected chi connectivity index (χ3v) is 7.87. The summed E-state index contributed by atoms with van der Waals surface area (Å²) in [6.45, 7) is 12.7. The Labute approximate surface area is 193 Å². The number of aliphatic imine (C=N–C) groups is 1. The van der Waals surface area contributed by atoms with E-state index in [0.717, 1.165) is 74.6 Å². The predicted molar refractivity (Wildman–Crippen MR) is 132 cm³/mol. The zero-order valence-corrected chi connectivity index (χ0v) is 21.1. The number of nitrogens with zero attached hydrogens (tertiary/aromatic N) is 6. The number of rotatable bonds is 8. The molecule has 0 radical (unpaired) electrons. The van der Waals surface area contributed by atoms with Crippen molar-refractivity contribution in [1.29, 1.82) is 0 Å². The van der Waals surface area contributed by atoms with Crippen molar-refractivity contribution in [3.63, 3.8) is 0 Å². The molecule has 0 atom stereocenters. The summed E-state index contributed by atoms with van der Waals surface area (Å²) in [7, 11) is 2.01. The van der Waals surface area contributed by atoms with Gasteiger partial charge in [0, 0.05) is 45.8 Å². The van der Waals surface area contributed by atoms with E-state index in [4.69, 9.17) is 4.99 Å². The minimum Gasteiger partial charge on any atom is -0.356 e. The van der Waals surface area contributed by atoms with Crippen LogP contribution in [0.1, 0.15) is 57.6 Å². The maximum atomic E-state index is 4.94. The molecule has 0 bridgehead atoms. The number of guanidine groups is 1. The normalized spacial score (nSPS) is 23.5. The first kappa shape index (κ1) is 24.4. The van der Waals surface area contributed by atoms with Crippen molar-refractivity contribution in [2.24, 2.45) is 23.9 Å². The number of hydrogen-bond donors (Lipinski definition) is 1. The second-order valence-electron chi connectivity index (χ2n) is 9.47. The molecule has 2 fully saturated rings. The van der Waals surface area contributed by atoms with Crippen LogP contribution in [-0.2, 0) is 13.6 Å². The van der Waals surface area contributed by atoms with Crippen LogP contribution >= 0.6 is 11.8 Å². The summed E-state index contributed by atoms with van der Waals surface area (Å²) in [5.41, 5.74) is 0. The Kier molecular flexibility index (Phi) is 9.50. The van der Waals surface area contributed by atoms with E-state index < -0.39 is 0 Å². The lowest BCUT2D eigenvalue weighted by Crippen LogP contribution is -2.55. The summed E-state index contributed by atoms with van der Waals surface area (Å²) in [6.07, 6.45) is 8.89. The fraction of sp³-hybridized carbons (Fsp3) is 0.870. The van der Waals surface area contributed by atoms with Crippen LogP contribution in [0.15, 0.2) is 4.99 Å². The van der Waals surface area contributed by atoms with Gasteiger partial charge in [-0.15, -0.1) is 10.2 Å². The maximum absolute atomic E-state index is 4.94. The number of thioether (sulfide) groups is 1. The molecular formula is C23H43N7S. The molecule has 0 aromatic carbocycles. The monoisotopic (exact) mass is 449 g/mol. The van der Waals surface area contributed by atoms with Crippen molar-refractivity contribution >= 4 is 17.7 Å². The fourth-order valence-corrected chi connectivity index (χ4v) is 5.28. The standard InChI is InChI=1S/C23H43N7S/c1-18(2)20-7-9-21(10-8-20)29-12-14-30(15-13-29)23(24-11-6-16-31-5)25-17-22-27-26-19(3)28(22)4/h18,20-21H,6-17H2,1-5H3,(H,24,25). The lowest BCUT2D eigenvalue weighted by atomic mass is 9.79. The van der Waals surface area contributed by atoms with Crippen molar-refractivity contribution in [1.82, 2.24) is 29.9 Å². The molecule has 0 amide bonds. The van der Waals surface area contributed by atoms with Gasteiger partial charge in [-0.25, -0.2) is 4.99 Å². The van der Waals surface area contributed by atoms with Gasteiger partial charge < -0.3 is 14.8 Å². The first-order chi connectivity index (χ1) is 15.0. The van der Waals surface area contributed by atoms with Crippen LogP contribution in [0, 0.1) is 18.8 Å². The smallest absolute Gasteiger partial charge is 0.194 e.